The van der Waals surface area contributed by atoms with Crippen LogP contribution in [0.3, 0.4) is 0 Å². The van der Waals surface area contributed by atoms with E-state index in [1.165, 1.54) is 6.07 Å². The number of nitrogens with zero attached hydrogens (tertiary/aromatic N) is 5. The molecule has 152 valence electrons. The van der Waals surface area contributed by atoms with Crippen LogP contribution in [0, 0.1) is 6.92 Å². The summed E-state index contributed by atoms with van der Waals surface area (Å²) in [5.41, 5.74) is -0.176. The van der Waals surface area contributed by atoms with Gasteiger partial charge in [-0.1, -0.05) is 12.1 Å². The highest BCUT2D eigenvalue weighted by atomic mass is 19.4. The quantitative estimate of drug-likeness (QED) is 0.637. The van der Waals surface area contributed by atoms with Crippen molar-refractivity contribution in [1.29, 1.82) is 0 Å². The van der Waals surface area contributed by atoms with Gasteiger partial charge in [-0.2, -0.15) is 13.2 Å². The number of morpholine rings is 1. The average Bonchev–Trinajstić information content (AvgIpc) is 3.00. The van der Waals surface area contributed by atoms with Crippen molar-refractivity contribution < 1.29 is 17.9 Å². The molecule has 0 bridgehead atoms. The molecular weight excluding hydrogens is 373 g/mol. The Kier molecular flexibility index (Phi) is 5.87. The molecule has 2 aromatic rings. The van der Waals surface area contributed by atoms with Gasteiger partial charge in [0.25, 0.3) is 0 Å². The van der Waals surface area contributed by atoms with Gasteiger partial charge in [-0.05, 0) is 24.6 Å². The summed E-state index contributed by atoms with van der Waals surface area (Å²) in [5, 5.41) is 11.4. The van der Waals surface area contributed by atoms with Crippen molar-refractivity contribution in [1.82, 2.24) is 25.0 Å². The first-order valence-electron chi connectivity index (χ1n) is 8.89. The molecule has 0 radical (unpaired) electrons. The summed E-state index contributed by atoms with van der Waals surface area (Å²) in [6, 6.07) is 5.27. The van der Waals surface area contributed by atoms with Crippen LogP contribution in [0.1, 0.15) is 28.9 Å². The summed E-state index contributed by atoms with van der Waals surface area (Å²) in [6.45, 7) is 3.69. The minimum atomic E-state index is -4.38. The van der Waals surface area contributed by atoms with Gasteiger partial charge in [0.1, 0.15) is 11.9 Å². The highest BCUT2D eigenvalue weighted by Gasteiger charge is 2.32. The number of hydrogen-bond donors (Lipinski definition) is 1. The predicted octanol–water partition coefficient (Wildman–Crippen LogP) is 2.29. The summed E-state index contributed by atoms with van der Waals surface area (Å²) < 4.78 is 46.6. The van der Waals surface area contributed by atoms with Crippen LogP contribution in [-0.2, 0) is 24.5 Å². The van der Waals surface area contributed by atoms with Crippen molar-refractivity contribution in [2.45, 2.75) is 25.7 Å². The molecule has 28 heavy (non-hydrogen) atoms. The molecule has 1 aliphatic heterocycles. The summed E-state index contributed by atoms with van der Waals surface area (Å²) in [5.74, 6) is 2.21. The SMILES string of the molecule is CN=C(NCc1nnc(C)n1C)N1CCOC(c2cccc(C(F)(F)F)c2)C1. The van der Waals surface area contributed by atoms with E-state index in [-0.39, 0.29) is 0 Å². The lowest BCUT2D eigenvalue weighted by Crippen LogP contribution is -2.48. The lowest BCUT2D eigenvalue weighted by Gasteiger charge is -2.35. The second-order valence-corrected chi connectivity index (χ2v) is 6.55. The number of aliphatic imine (C=N–C) groups is 1. The van der Waals surface area contributed by atoms with E-state index in [1.54, 1.807) is 13.1 Å². The zero-order valence-corrected chi connectivity index (χ0v) is 16.0. The van der Waals surface area contributed by atoms with Gasteiger partial charge in [-0.3, -0.25) is 4.99 Å². The fourth-order valence-corrected chi connectivity index (χ4v) is 3.05. The standard InChI is InChI=1S/C18H23F3N6O/c1-12-24-25-16(26(12)3)10-23-17(22-2)27-7-8-28-15(11-27)13-5-4-6-14(9-13)18(19,20)21/h4-6,9,15H,7-8,10-11H2,1-3H3,(H,22,23). The van der Waals surface area contributed by atoms with Crippen LogP contribution < -0.4 is 5.32 Å². The van der Waals surface area contributed by atoms with Gasteiger partial charge < -0.3 is 19.5 Å². The number of benzene rings is 1. The number of rotatable bonds is 3. The number of guanidine groups is 1. The molecule has 10 heteroatoms. The Hall–Kier alpha value is -2.62. The Bertz CT molecular complexity index is 848. The van der Waals surface area contributed by atoms with E-state index >= 15 is 0 Å². The second-order valence-electron chi connectivity index (χ2n) is 6.55. The van der Waals surface area contributed by atoms with Crippen LogP contribution in [0.4, 0.5) is 13.2 Å². The van der Waals surface area contributed by atoms with Gasteiger partial charge in [0.2, 0.25) is 0 Å². The monoisotopic (exact) mass is 396 g/mol. The highest BCUT2D eigenvalue weighted by Crippen LogP contribution is 2.32. The fraction of sp³-hybridized carbons (Fsp3) is 0.500. The molecule has 7 nitrogen and oxygen atoms in total. The largest absolute Gasteiger partial charge is 0.416 e. The minimum Gasteiger partial charge on any atom is -0.370 e. The molecule has 0 aliphatic carbocycles. The molecule has 1 aromatic heterocycles. The maximum Gasteiger partial charge on any atom is 0.416 e. The maximum atomic E-state index is 13.0. The van der Waals surface area contributed by atoms with E-state index < -0.39 is 17.8 Å². The fourth-order valence-electron chi connectivity index (χ4n) is 3.05. The van der Waals surface area contributed by atoms with Gasteiger partial charge in [0, 0.05) is 20.6 Å². The number of nitrogens with one attached hydrogen (secondary N) is 1. The average molecular weight is 396 g/mol. The predicted molar refractivity (Wildman–Crippen MR) is 97.6 cm³/mol. The van der Waals surface area contributed by atoms with Gasteiger partial charge >= 0.3 is 6.18 Å². The van der Waals surface area contributed by atoms with E-state index in [4.69, 9.17) is 4.74 Å². The zero-order valence-electron chi connectivity index (χ0n) is 16.0. The number of ether oxygens (including phenoxy) is 1. The highest BCUT2D eigenvalue weighted by molar-refractivity contribution is 5.80. The topological polar surface area (TPSA) is 67.6 Å². The minimum absolute atomic E-state index is 0.394. The third kappa shape index (κ3) is 4.44. The molecule has 1 atom stereocenters. The lowest BCUT2D eigenvalue weighted by molar-refractivity contribution is -0.137. The number of aryl methyl sites for hydroxylation is 1. The third-order valence-corrected chi connectivity index (χ3v) is 4.75. The Morgan fingerprint density at radius 1 is 1.36 bits per heavy atom. The number of hydrogen-bond acceptors (Lipinski definition) is 4. The van der Waals surface area contributed by atoms with Crippen molar-refractivity contribution in [2.75, 3.05) is 26.7 Å². The Balaban J connectivity index is 1.69. The second kappa shape index (κ2) is 8.17. The molecule has 1 fully saturated rings. The molecule has 3 rings (SSSR count). The molecule has 1 aromatic carbocycles. The van der Waals surface area contributed by atoms with Crippen LogP contribution in [0.2, 0.25) is 0 Å². The van der Waals surface area contributed by atoms with Crippen LogP contribution in [0.5, 0.6) is 0 Å². The normalized spacial score (nSPS) is 18.4. The molecule has 1 saturated heterocycles. The first-order chi connectivity index (χ1) is 13.3. The summed E-state index contributed by atoms with van der Waals surface area (Å²) in [4.78, 5) is 6.26. The van der Waals surface area contributed by atoms with Crippen LogP contribution in [0.15, 0.2) is 29.3 Å². The molecule has 1 unspecified atom stereocenters. The smallest absolute Gasteiger partial charge is 0.370 e. The van der Waals surface area contributed by atoms with E-state index in [0.29, 0.717) is 37.8 Å². The lowest BCUT2D eigenvalue weighted by atomic mass is 10.0. The van der Waals surface area contributed by atoms with Crippen LogP contribution in [-0.4, -0.2) is 52.4 Å². The number of alkyl halides is 3. The Morgan fingerprint density at radius 3 is 2.79 bits per heavy atom. The van der Waals surface area contributed by atoms with Crippen molar-refractivity contribution in [3.8, 4) is 0 Å². The van der Waals surface area contributed by atoms with E-state index in [0.717, 1.165) is 23.8 Å². The number of halogens is 3. The van der Waals surface area contributed by atoms with E-state index in [9.17, 15) is 13.2 Å². The molecular formula is C18H23F3N6O. The third-order valence-electron chi connectivity index (χ3n) is 4.75. The van der Waals surface area contributed by atoms with Gasteiger partial charge in [0.15, 0.2) is 11.8 Å². The first kappa shape index (κ1) is 20.1. The Labute approximate surface area is 161 Å². The van der Waals surface area contributed by atoms with Crippen molar-refractivity contribution in [3.63, 3.8) is 0 Å². The molecule has 0 saturated carbocycles. The summed E-state index contributed by atoms with van der Waals surface area (Å²) in [6.07, 6.45) is -4.84. The van der Waals surface area contributed by atoms with Crippen LogP contribution in [0.25, 0.3) is 0 Å². The molecule has 2 heterocycles. The van der Waals surface area contributed by atoms with Crippen LogP contribution >= 0.6 is 0 Å². The van der Waals surface area contributed by atoms with Gasteiger partial charge in [-0.25, -0.2) is 0 Å². The summed E-state index contributed by atoms with van der Waals surface area (Å²) >= 11 is 0. The maximum absolute atomic E-state index is 13.0. The Morgan fingerprint density at radius 2 is 2.14 bits per heavy atom. The molecule has 1 N–H and O–H groups in total. The van der Waals surface area contributed by atoms with Crippen molar-refractivity contribution in [2.24, 2.45) is 12.0 Å². The van der Waals surface area contributed by atoms with Gasteiger partial charge in [-0.15, -0.1) is 10.2 Å². The molecule has 1 aliphatic rings. The first-order valence-corrected chi connectivity index (χ1v) is 8.89. The van der Waals surface area contributed by atoms with E-state index in [1.807, 2.05) is 23.4 Å². The van der Waals surface area contributed by atoms with Crippen molar-refractivity contribution in [3.05, 3.63) is 47.0 Å². The van der Waals surface area contributed by atoms with E-state index in [2.05, 4.69) is 20.5 Å². The van der Waals surface area contributed by atoms with Crippen molar-refractivity contribution >= 4 is 5.96 Å². The molecule has 0 amide bonds. The zero-order chi connectivity index (χ0) is 20.3. The molecule has 0 spiro atoms. The number of aromatic nitrogens is 3. The summed E-state index contributed by atoms with van der Waals surface area (Å²) in [7, 11) is 3.55. The van der Waals surface area contributed by atoms with Gasteiger partial charge in [0.05, 0.1) is 25.3 Å².